The van der Waals surface area contributed by atoms with E-state index in [2.05, 4.69) is 55.8 Å². The zero-order valence-electron chi connectivity index (χ0n) is 21.7. The Hall–Kier alpha value is -3.69. The van der Waals surface area contributed by atoms with Gasteiger partial charge < -0.3 is 10.1 Å². The molecule has 0 bridgehead atoms. The van der Waals surface area contributed by atoms with Gasteiger partial charge in [0.05, 0.1) is 11.9 Å². The summed E-state index contributed by atoms with van der Waals surface area (Å²) in [6.07, 6.45) is 1.54. The average molecular weight is 666 g/mol. The predicted octanol–water partition coefficient (Wildman–Crippen LogP) is 9.27. The van der Waals surface area contributed by atoms with Crippen molar-refractivity contribution in [2.45, 2.75) is 13.5 Å². The van der Waals surface area contributed by atoms with Crippen LogP contribution in [0.2, 0.25) is 10.0 Å². The monoisotopic (exact) mass is 664 g/mol. The van der Waals surface area contributed by atoms with Crippen molar-refractivity contribution in [2.24, 2.45) is 5.10 Å². The van der Waals surface area contributed by atoms with E-state index in [0.29, 0.717) is 26.9 Å². The van der Waals surface area contributed by atoms with E-state index in [0.717, 1.165) is 32.1 Å². The number of thiazole rings is 1. The van der Waals surface area contributed by atoms with Crippen LogP contribution in [0.1, 0.15) is 27.0 Å². The summed E-state index contributed by atoms with van der Waals surface area (Å²) in [6, 6.07) is 26.1. The van der Waals surface area contributed by atoms with Crippen LogP contribution in [0.25, 0.3) is 11.3 Å². The van der Waals surface area contributed by atoms with Crippen molar-refractivity contribution in [3.05, 3.63) is 127 Å². The molecule has 0 saturated carbocycles. The lowest BCUT2D eigenvalue weighted by atomic mass is 10.1. The molecule has 0 aliphatic heterocycles. The van der Waals surface area contributed by atoms with Gasteiger partial charge in [-0.2, -0.15) is 5.10 Å². The van der Waals surface area contributed by atoms with E-state index in [9.17, 15) is 4.79 Å². The molecule has 0 unspecified atom stereocenters. The Balaban J connectivity index is 1.20. The quantitative estimate of drug-likeness (QED) is 0.122. The fraction of sp³-hybridized carbons (Fsp3) is 0.0645. The molecule has 1 amide bonds. The molecule has 0 radical (unpaired) electrons. The number of nitrogens with zero attached hydrogens (tertiary/aromatic N) is 2. The number of rotatable bonds is 9. The van der Waals surface area contributed by atoms with E-state index in [1.165, 1.54) is 23.1 Å². The largest absolute Gasteiger partial charge is 0.488 e. The molecule has 5 rings (SSSR count). The molecule has 41 heavy (non-hydrogen) atoms. The number of hydrogen-bond acceptors (Lipinski definition) is 6. The number of benzene rings is 4. The minimum absolute atomic E-state index is 0.250. The number of aromatic nitrogens is 1. The number of anilines is 2. The van der Waals surface area contributed by atoms with Crippen LogP contribution in [-0.4, -0.2) is 17.1 Å². The zero-order chi connectivity index (χ0) is 28.8. The maximum Gasteiger partial charge on any atom is 0.271 e. The van der Waals surface area contributed by atoms with Crippen molar-refractivity contribution in [3.63, 3.8) is 0 Å². The van der Waals surface area contributed by atoms with Crippen LogP contribution in [0.4, 0.5) is 10.8 Å². The smallest absolute Gasteiger partial charge is 0.271 e. The molecule has 1 heterocycles. The predicted molar refractivity (Wildman–Crippen MR) is 172 cm³/mol. The zero-order valence-corrected chi connectivity index (χ0v) is 25.6. The minimum atomic E-state index is -0.335. The highest BCUT2D eigenvalue weighted by Crippen LogP contribution is 2.28. The third kappa shape index (κ3) is 7.74. The molecule has 2 N–H and O–H groups in total. The molecule has 10 heteroatoms. The summed E-state index contributed by atoms with van der Waals surface area (Å²) < 4.78 is 6.82. The first-order chi connectivity index (χ1) is 19.8. The van der Waals surface area contributed by atoms with E-state index >= 15 is 0 Å². The fourth-order valence-corrected chi connectivity index (χ4v) is 5.37. The van der Waals surface area contributed by atoms with Crippen LogP contribution in [-0.2, 0) is 6.61 Å². The van der Waals surface area contributed by atoms with Gasteiger partial charge >= 0.3 is 0 Å². The molecule has 5 aromatic rings. The van der Waals surface area contributed by atoms with E-state index in [-0.39, 0.29) is 12.5 Å². The summed E-state index contributed by atoms with van der Waals surface area (Å²) in [4.78, 5) is 17.4. The summed E-state index contributed by atoms with van der Waals surface area (Å²) >= 11 is 17.2. The number of nitrogens with one attached hydrogen (secondary N) is 2. The van der Waals surface area contributed by atoms with Crippen LogP contribution in [0.3, 0.4) is 0 Å². The van der Waals surface area contributed by atoms with Crippen molar-refractivity contribution in [1.82, 2.24) is 10.4 Å². The summed E-state index contributed by atoms with van der Waals surface area (Å²) in [5.74, 6) is 0.249. The van der Waals surface area contributed by atoms with E-state index in [1.807, 2.05) is 53.9 Å². The SMILES string of the molecule is Cc1ccc(Nc2nc(-c3ccc(C(=O)N/N=C\c4cc(Br)ccc4OCc4ccc(Cl)cc4Cl)cc3)cs2)cc1. The topological polar surface area (TPSA) is 75.6 Å². The molecule has 0 saturated heterocycles. The molecule has 6 nitrogen and oxygen atoms in total. The standard InChI is InChI=1S/C31H23BrCl2N4O2S/c1-19-2-11-26(12-3-19)36-31-37-28(18-41-31)20-4-6-21(7-5-20)30(39)38-35-16-23-14-24(32)9-13-29(23)40-17-22-8-10-25(33)15-27(22)34/h2-16,18H,17H2,1H3,(H,36,37)(H,38,39)/b35-16-. The summed E-state index contributed by atoms with van der Waals surface area (Å²) in [7, 11) is 0. The van der Waals surface area contributed by atoms with E-state index < -0.39 is 0 Å². The van der Waals surface area contributed by atoms with Gasteiger partial charge in [0.2, 0.25) is 0 Å². The van der Waals surface area contributed by atoms with Crippen LogP contribution >= 0.6 is 50.5 Å². The maximum absolute atomic E-state index is 12.7. The van der Waals surface area contributed by atoms with Gasteiger partial charge in [0.15, 0.2) is 5.13 Å². The van der Waals surface area contributed by atoms with Gasteiger partial charge in [0.1, 0.15) is 12.4 Å². The Labute approximate surface area is 260 Å². The fourth-order valence-electron chi connectivity index (χ4n) is 3.79. The Morgan fingerprint density at radius 1 is 1.02 bits per heavy atom. The van der Waals surface area contributed by atoms with Crippen LogP contribution in [0, 0.1) is 6.92 Å². The Morgan fingerprint density at radius 3 is 2.56 bits per heavy atom. The van der Waals surface area contributed by atoms with Gasteiger partial charge in [-0.05, 0) is 61.5 Å². The Morgan fingerprint density at radius 2 is 1.80 bits per heavy atom. The number of carbonyl (C=O) groups is 1. The second-order valence-corrected chi connectivity index (χ2v) is 11.6. The van der Waals surface area contributed by atoms with Gasteiger partial charge in [-0.15, -0.1) is 11.3 Å². The molecule has 0 fully saturated rings. The van der Waals surface area contributed by atoms with Gasteiger partial charge in [0.25, 0.3) is 5.91 Å². The number of hydrogen-bond donors (Lipinski definition) is 2. The van der Waals surface area contributed by atoms with Crippen molar-refractivity contribution in [2.75, 3.05) is 5.32 Å². The summed E-state index contributed by atoms with van der Waals surface area (Å²) in [5, 5.41) is 11.3. The first kappa shape index (κ1) is 28.8. The number of hydrazone groups is 1. The number of aryl methyl sites for hydroxylation is 1. The van der Waals surface area contributed by atoms with Gasteiger partial charge in [-0.3, -0.25) is 4.79 Å². The number of amides is 1. The summed E-state index contributed by atoms with van der Waals surface area (Å²) in [6.45, 7) is 2.30. The number of ether oxygens (including phenoxy) is 1. The van der Waals surface area contributed by atoms with E-state index in [1.54, 1.807) is 24.3 Å². The number of carbonyl (C=O) groups excluding carboxylic acids is 1. The van der Waals surface area contributed by atoms with Crippen molar-refractivity contribution < 1.29 is 9.53 Å². The van der Waals surface area contributed by atoms with Crippen LogP contribution in [0.5, 0.6) is 5.75 Å². The van der Waals surface area contributed by atoms with Gasteiger partial charge in [-0.25, -0.2) is 10.4 Å². The van der Waals surface area contributed by atoms with Crippen molar-refractivity contribution >= 4 is 73.4 Å². The third-order valence-electron chi connectivity index (χ3n) is 5.99. The molecule has 0 aliphatic carbocycles. The van der Waals surface area contributed by atoms with Crippen LogP contribution < -0.4 is 15.5 Å². The molecule has 0 spiro atoms. The highest BCUT2D eigenvalue weighted by atomic mass is 79.9. The molecule has 4 aromatic carbocycles. The number of halogens is 3. The first-order valence-electron chi connectivity index (χ1n) is 12.4. The molecular weight excluding hydrogens is 643 g/mol. The maximum atomic E-state index is 12.7. The molecule has 1 aromatic heterocycles. The molecular formula is C31H23BrCl2N4O2S. The lowest BCUT2D eigenvalue weighted by Gasteiger charge is -2.11. The lowest BCUT2D eigenvalue weighted by molar-refractivity contribution is 0.0955. The second kappa shape index (κ2) is 13.3. The minimum Gasteiger partial charge on any atom is -0.488 e. The lowest BCUT2D eigenvalue weighted by Crippen LogP contribution is -2.17. The van der Waals surface area contributed by atoms with E-state index in [4.69, 9.17) is 27.9 Å². The Kier molecular flexibility index (Phi) is 9.36. The molecule has 206 valence electrons. The third-order valence-corrected chi connectivity index (χ3v) is 7.83. The highest BCUT2D eigenvalue weighted by Gasteiger charge is 2.10. The van der Waals surface area contributed by atoms with Gasteiger partial charge in [0, 0.05) is 47.8 Å². The molecule has 0 aliphatic rings. The summed E-state index contributed by atoms with van der Waals surface area (Å²) in [5.41, 5.74) is 8.46. The van der Waals surface area contributed by atoms with Crippen LogP contribution in [0.15, 0.2) is 99.9 Å². The van der Waals surface area contributed by atoms with Crippen molar-refractivity contribution in [1.29, 1.82) is 0 Å². The average Bonchev–Trinajstić information content (AvgIpc) is 3.43. The first-order valence-corrected chi connectivity index (χ1v) is 14.9. The normalized spacial score (nSPS) is 11.0. The van der Waals surface area contributed by atoms with Gasteiger partial charge in [-0.1, -0.05) is 75.0 Å². The highest BCUT2D eigenvalue weighted by molar-refractivity contribution is 9.10. The Bertz CT molecular complexity index is 1710. The molecule has 0 atom stereocenters. The van der Waals surface area contributed by atoms with Crippen molar-refractivity contribution in [3.8, 4) is 17.0 Å². The second-order valence-electron chi connectivity index (χ2n) is 9.01.